The summed E-state index contributed by atoms with van der Waals surface area (Å²) < 4.78 is 12.4. The van der Waals surface area contributed by atoms with Crippen molar-refractivity contribution in [3.05, 3.63) is 12.7 Å². The maximum absolute atomic E-state index is 13.8. The normalized spacial score (nSPS) is 20.3. The lowest BCUT2D eigenvalue weighted by molar-refractivity contribution is -0.143. The van der Waals surface area contributed by atoms with Crippen LogP contribution in [0.15, 0.2) is 12.7 Å². The maximum atomic E-state index is 13.8. The third-order valence-corrected chi connectivity index (χ3v) is 10.3. The molecule has 2 aliphatic heterocycles. The van der Waals surface area contributed by atoms with E-state index in [9.17, 15) is 28.2 Å². The lowest BCUT2D eigenvalue weighted by atomic mass is 9.85. The van der Waals surface area contributed by atoms with Crippen LogP contribution in [-0.2, 0) is 30.0 Å². The predicted octanol–water partition coefficient (Wildman–Crippen LogP) is 5.54. The van der Waals surface area contributed by atoms with Crippen molar-refractivity contribution >= 4 is 40.3 Å². The Hall–Kier alpha value is -2.76. The molecule has 4 N–H and O–H groups in total. The molecule has 0 aromatic heterocycles. The standard InChI is InChI=1S/C28H47N5O6S.C6H14.C3H8/c1-7-12-19(22(34)25(36)29-15-8-2)30-24(35)20-13-10-16-33(20)26(37)23(28(4,5)6)32-27(38)31-18(9-3)21-14-11-17-40(21)39;1-3-5-6-4-2;1-3-2/h8,18-21,23H,2,7,9-17H2,1,3-6H3,(H,29,36)(H,30,35)(H2,31,32,38);3-6H2,1-2H3;3H2,1-2H3. The second kappa shape index (κ2) is 25.2. The number of nitrogens with one attached hydrogen (secondary N) is 4. The Kier molecular flexibility index (Phi) is 23.8. The van der Waals surface area contributed by atoms with E-state index in [0.717, 1.165) is 12.8 Å². The predicted molar refractivity (Wildman–Crippen MR) is 201 cm³/mol. The van der Waals surface area contributed by atoms with Gasteiger partial charge in [0.25, 0.3) is 5.91 Å². The molecular formula is C37H69N5O6S. The summed E-state index contributed by atoms with van der Waals surface area (Å²) in [4.78, 5) is 66.5. The largest absolute Gasteiger partial charge is 0.346 e. The van der Waals surface area contributed by atoms with Crippen LogP contribution in [0.5, 0.6) is 0 Å². The molecule has 2 heterocycles. The lowest BCUT2D eigenvalue weighted by Crippen LogP contribution is -2.61. The third-order valence-electron chi connectivity index (χ3n) is 8.40. The summed E-state index contributed by atoms with van der Waals surface area (Å²) in [5.41, 5.74) is -0.667. The molecule has 12 heteroatoms. The fourth-order valence-electron chi connectivity index (χ4n) is 5.75. The van der Waals surface area contributed by atoms with Gasteiger partial charge in [0.1, 0.15) is 12.1 Å². The summed E-state index contributed by atoms with van der Waals surface area (Å²) in [5.74, 6) is -1.79. The molecule has 2 aliphatic rings. The topological polar surface area (TPSA) is 154 Å². The third kappa shape index (κ3) is 16.7. The average molecular weight is 712 g/mol. The van der Waals surface area contributed by atoms with E-state index < -0.39 is 58.0 Å². The fraction of sp³-hybridized carbons (Fsp3) is 0.811. The Balaban J connectivity index is 0.00000226. The highest BCUT2D eigenvalue weighted by Gasteiger charge is 2.43. The van der Waals surface area contributed by atoms with E-state index in [1.165, 1.54) is 43.1 Å². The minimum absolute atomic E-state index is 0.108. The lowest BCUT2D eigenvalue weighted by Gasteiger charge is -2.36. The van der Waals surface area contributed by atoms with Gasteiger partial charge in [0, 0.05) is 35.7 Å². The zero-order valence-corrected chi connectivity index (χ0v) is 32.9. The molecule has 0 saturated carbocycles. The van der Waals surface area contributed by atoms with E-state index in [-0.39, 0.29) is 30.2 Å². The zero-order chi connectivity index (χ0) is 37.6. The number of nitrogens with zero attached hydrogens (tertiary/aromatic N) is 1. The second-order valence-corrected chi connectivity index (χ2v) is 15.8. The monoisotopic (exact) mass is 711 g/mol. The van der Waals surface area contributed by atoms with Crippen LogP contribution in [-0.4, -0.2) is 86.9 Å². The van der Waals surface area contributed by atoms with Gasteiger partial charge < -0.3 is 26.2 Å². The van der Waals surface area contributed by atoms with Crippen LogP contribution in [0.2, 0.25) is 0 Å². The first kappa shape index (κ1) is 46.2. The molecule has 0 radical (unpaired) electrons. The molecule has 49 heavy (non-hydrogen) atoms. The number of urea groups is 1. The Labute approximate surface area is 299 Å². The highest BCUT2D eigenvalue weighted by molar-refractivity contribution is 7.86. The van der Waals surface area contributed by atoms with Crippen molar-refractivity contribution < 1.29 is 28.2 Å². The Morgan fingerprint density at radius 3 is 1.98 bits per heavy atom. The highest BCUT2D eigenvalue weighted by atomic mass is 32.2. The van der Waals surface area contributed by atoms with E-state index in [0.29, 0.717) is 38.0 Å². The molecule has 0 aromatic carbocycles. The van der Waals surface area contributed by atoms with Gasteiger partial charge in [0.15, 0.2) is 0 Å². The highest BCUT2D eigenvalue weighted by Crippen LogP contribution is 2.26. The molecule has 0 bridgehead atoms. The fourth-order valence-corrected chi connectivity index (χ4v) is 7.56. The van der Waals surface area contributed by atoms with Crippen LogP contribution >= 0.6 is 0 Å². The first-order valence-corrected chi connectivity index (χ1v) is 20.0. The number of likely N-dealkylation sites (tertiary alicyclic amines) is 1. The van der Waals surface area contributed by atoms with Gasteiger partial charge in [-0.25, -0.2) is 4.79 Å². The van der Waals surface area contributed by atoms with Crippen LogP contribution in [0, 0.1) is 5.41 Å². The molecule has 6 unspecified atom stereocenters. The van der Waals surface area contributed by atoms with E-state index in [1.807, 2.05) is 34.6 Å². The molecule has 5 amide bonds. The van der Waals surface area contributed by atoms with E-state index in [4.69, 9.17) is 0 Å². The van der Waals surface area contributed by atoms with Gasteiger partial charge in [-0.05, 0) is 43.9 Å². The van der Waals surface area contributed by atoms with Crippen LogP contribution < -0.4 is 21.3 Å². The molecule has 2 fully saturated rings. The second-order valence-electron chi connectivity index (χ2n) is 14.0. The van der Waals surface area contributed by atoms with Gasteiger partial charge in [0.2, 0.25) is 17.6 Å². The number of ketones is 1. The van der Waals surface area contributed by atoms with Gasteiger partial charge >= 0.3 is 6.03 Å². The van der Waals surface area contributed by atoms with Crippen molar-refractivity contribution in [2.24, 2.45) is 5.41 Å². The summed E-state index contributed by atoms with van der Waals surface area (Å²) in [5, 5.41) is 10.8. The molecule has 11 nitrogen and oxygen atoms in total. The SMILES string of the molecule is C=CCNC(=O)C(=O)C(CCC)NC(=O)C1CCCN1C(=O)C(NC(=O)NC(CC)C1CCCS1=O)C(C)(C)C.CCC.CCCCCC. The van der Waals surface area contributed by atoms with E-state index in [1.54, 1.807) is 0 Å². The molecule has 6 atom stereocenters. The van der Waals surface area contributed by atoms with Crippen molar-refractivity contribution in [2.75, 3.05) is 18.8 Å². The average Bonchev–Trinajstić information content (AvgIpc) is 3.73. The number of Topliss-reactive ketones (excluding diaryl/α,β-unsaturated/α-hetero) is 1. The van der Waals surface area contributed by atoms with Crippen molar-refractivity contribution in [3.8, 4) is 0 Å². The summed E-state index contributed by atoms with van der Waals surface area (Å²) in [6, 6.07) is -3.53. The van der Waals surface area contributed by atoms with Crippen molar-refractivity contribution in [3.63, 3.8) is 0 Å². The molecule has 0 aliphatic carbocycles. The first-order chi connectivity index (χ1) is 23.2. The number of hydrogen-bond acceptors (Lipinski definition) is 6. The minimum Gasteiger partial charge on any atom is -0.346 e. The van der Waals surface area contributed by atoms with Gasteiger partial charge in [-0.1, -0.05) is 107 Å². The Morgan fingerprint density at radius 1 is 0.898 bits per heavy atom. The van der Waals surface area contributed by atoms with Crippen molar-refractivity contribution in [2.45, 2.75) is 169 Å². The summed E-state index contributed by atoms with van der Waals surface area (Å²) in [6.45, 7) is 22.0. The number of unbranched alkanes of at least 4 members (excludes halogenated alkanes) is 3. The molecule has 0 aromatic rings. The van der Waals surface area contributed by atoms with Gasteiger partial charge in [-0.15, -0.1) is 6.58 Å². The Bertz CT molecular complexity index is 1060. The molecule has 0 spiro atoms. The number of amides is 5. The smallest absolute Gasteiger partial charge is 0.315 e. The maximum Gasteiger partial charge on any atom is 0.315 e. The van der Waals surface area contributed by atoms with Crippen LogP contribution in [0.4, 0.5) is 4.79 Å². The van der Waals surface area contributed by atoms with Crippen molar-refractivity contribution in [1.29, 1.82) is 0 Å². The van der Waals surface area contributed by atoms with E-state index in [2.05, 4.69) is 55.5 Å². The Morgan fingerprint density at radius 2 is 1.51 bits per heavy atom. The quantitative estimate of drug-likeness (QED) is 0.0937. The van der Waals surface area contributed by atoms with Crippen LogP contribution in [0.25, 0.3) is 0 Å². The van der Waals surface area contributed by atoms with Gasteiger partial charge in [-0.3, -0.25) is 23.4 Å². The van der Waals surface area contributed by atoms with Gasteiger partial charge in [0.05, 0.1) is 11.3 Å². The number of carbonyl (C=O) groups excluding carboxylic acids is 5. The zero-order valence-electron chi connectivity index (χ0n) is 32.1. The van der Waals surface area contributed by atoms with Crippen LogP contribution in [0.3, 0.4) is 0 Å². The molecule has 2 rings (SSSR count). The number of hydrogen-bond donors (Lipinski definition) is 4. The van der Waals surface area contributed by atoms with E-state index >= 15 is 0 Å². The molecule has 2 saturated heterocycles. The first-order valence-electron chi connectivity index (χ1n) is 18.7. The summed E-state index contributed by atoms with van der Waals surface area (Å²) >= 11 is 0. The van der Waals surface area contributed by atoms with Crippen LogP contribution in [0.1, 0.15) is 139 Å². The number of rotatable bonds is 16. The minimum atomic E-state index is -1.01. The summed E-state index contributed by atoms with van der Waals surface area (Å²) in [7, 11) is -0.988. The number of carbonyl (C=O) groups is 5. The molecular weight excluding hydrogens is 643 g/mol. The van der Waals surface area contributed by atoms with Crippen molar-refractivity contribution in [1.82, 2.24) is 26.2 Å². The molecule has 284 valence electrons. The van der Waals surface area contributed by atoms with Gasteiger partial charge in [-0.2, -0.15) is 0 Å². The summed E-state index contributed by atoms with van der Waals surface area (Å²) in [6.07, 6.45) is 12.4.